The van der Waals surface area contributed by atoms with Crippen molar-refractivity contribution in [1.29, 1.82) is 0 Å². The van der Waals surface area contributed by atoms with Gasteiger partial charge < -0.3 is 15.8 Å². The Morgan fingerprint density at radius 3 is 2.67 bits per heavy atom. The number of rotatable bonds is 5. The highest BCUT2D eigenvalue weighted by Gasteiger charge is 2.48. The number of nitrogens with one attached hydrogen (secondary N) is 1. The zero-order valence-corrected chi connectivity index (χ0v) is 12.5. The maximum Gasteiger partial charge on any atom is 0.225 e. The third-order valence-electron chi connectivity index (χ3n) is 4.97. The summed E-state index contributed by atoms with van der Waals surface area (Å²) in [6, 6.07) is 7.98. The highest BCUT2D eigenvalue weighted by atomic mass is 16.5. The smallest absolute Gasteiger partial charge is 0.225 e. The summed E-state index contributed by atoms with van der Waals surface area (Å²) < 4.78 is 5.62. The second-order valence-corrected chi connectivity index (χ2v) is 6.39. The van der Waals surface area contributed by atoms with E-state index in [1.807, 2.05) is 31.2 Å². The molecule has 1 aromatic carbocycles. The number of benzene rings is 1. The summed E-state index contributed by atoms with van der Waals surface area (Å²) in [6.45, 7) is 3.07. The zero-order valence-electron chi connectivity index (χ0n) is 12.5. The van der Waals surface area contributed by atoms with Crippen LogP contribution in [0.3, 0.4) is 0 Å². The molecule has 2 aliphatic carbocycles. The topological polar surface area (TPSA) is 64.3 Å². The first kappa shape index (κ1) is 14.4. The van der Waals surface area contributed by atoms with E-state index in [0.29, 0.717) is 25.0 Å². The molecule has 0 aliphatic heterocycles. The van der Waals surface area contributed by atoms with Crippen LogP contribution in [0.2, 0.25) is 0 Å². The minimum Gasteiger partial charge on any atom is -0.492 e. The molecule has 2 fully saturated rings. The lowest BCUT2D eigenvalue weighted by atomic mass is 9.84. The number of hydrogen-bond acceptors (Lipinski definition) is 3. The molecule has 4 heteroatoms. The van der Waals surface area contributed by atoms with Gasteiger partial charge in [-0.25, -0.2) is 0 Å². The number of carbonyl (C=O) groups is 1. The molecule has 0 aromatic heterocycles. The first-order valence-corrected chi connectivity index (χ1v) is 7.88. The van der Waals surface area contributed by atoms with Crippen molar-refractivity contribution in [3.63, 3.8) is 0 Å². The quantitative estimate of drug-likeness (QED) is 0.813. The molecule has 2 saturated carbocycles. The van der Waals surface area contributed by atoms with E-state index in [0.717, 1.165) is 18.6 Å². The Kier molecular flexibility index (Phi) is 4.15. The Bertz CT molecular complexity index is 498. The Hall–Kier alpha value is -1.55. The lowest BCUT2D eigenvalue weighted by molar-refractivity contribution is -0.127. The van der Waals surface area contributed by atoms with Gasteiger partial charge >= 0.3 is 0 Å². The number of amides is 1. The van der Waals surface area contributed by atoms with Crippen molar-refractivity contribution in [2.24, 2.45) is 23.5 Å². The number of aryl methyl sites for hydroxylation is 1. The number of carbonyl (C=O) groups excluding carboxylic acids is 1. The van der Waals surface area contributed by atoms with E-state index < -0.39 is 0 Å². The molecule has 21 heavy (non-hydrogen) atoms. The fourth-order valence-electron chi connectivity index (χ4n) is 3.82. The molecular formula is C17H24N2O2. The van der Waals surface area contributed by atoms with Gasteiger partial charge in [-0.2, -0.15) is 0 Å². The van der Waals surface area contributed by atoms with Gasteiger partial charge in [0, 0.05) is 6.04 Å². The first-order valence-electron chi connectivity index (χ1n) is 7.88. The van der Waals surface area contributed by atoms with Gasteiger partial charge in [-0.1, -0.05) is 17.7 Å². The SMILES string of the molecule is Cc1ccc(OCCNC(=O)C2C3CCC(C3)C2N)cc1. The van der Waals surface area contributed by atoms with Crippen LogP contribution in [0.5, 0.6) is 5.75 Å². The van der Waals surface area contributed by atoms with Gasteiger partial charge in [-0.3, -0.25) is 4.79 Å². The second kappa shape index (κ2) is 6.06. The number of ether oxygens (including phenoxy) is 1. The third kappa shape index (κ3) is 3.05. The van der Waals surface area contributed by atoms with Gasteiger partial charge in [0.05, 0.1) is 12.5 Å². The molecule has 0 heterocycles. The van der Waals surface area contributed by atoms with Gasteiger partial charge in [0.25, 0.3) is 0 Å². The fourth-order valence-corrected chi connectivity index (χ4v) is 3.82. The molecule has 3 rings (SSSR count). The summed E-state index contributed by atoms with van der Waals surface area (Å²) in [4.78, 5) is 12.3. The Morgan fingerprint density at radius 2 is 2.00 bits per heavy atom. The molecule has 4 nitrogen and oxygen atoms in total. The van der Waals surface area contributed by atoms with Crippen molar-refractivity contribution in [2.75, 3.05) is 13.2 Å². The molecule has 3 N–H and O–H groups in total. The summed E-state index contributed by atoms with van der Waals surface area (Å²) in [5, 5.41) is 2.98. The highest BCUT2D eigenvalue weighted by Crippen LogP contribution is 2.47. The average Bonchev–Trinajstić information content (AvgIpc) is 3.06. The van der Waals surface area contributed by atoms with Crippen LogP contribution in [0.1, 0.15) is 24.8 Å². The van der Waals surface area contributed by atoms with Crippen LogP contribution in [-0.4, -0.2) is 25.1 Å². The average molecular weight is 288 g/mol. The van der Waals surface area contributed by atoms with E-state index in [9.17, 15) is 4.79 Å². The molecule has 4 atom stereocenters. The first-order chi connectivity index (χ1) is 10.1. The molecule has 2 aliphatic rings. The van der Waals surface area contributed by atoms with E-state index in [2.05, 4.69) is 5.32 Å². The largest absolute Gasteiger partial charge is 0.492 e. The van der Waals surface area contributed by atoms with Crippen LogP contribution in [0.25, 0.3) is 0 Å². The molecular weight excluding hydrogens is 264 g/mol. The molecule has 1 amide bonds. The van der Waals surface area contributed by atoms with E-state index in [4.69, 9.17) is 10.5 Å². The van der Waals surface area contributed by atoms with Gasteiger partial charge in [0.15, 0.2) is 0 Å². The van der Waals surface area contributed by atoms with Crippen LogP contribution in [-0.2, 0) is 4.79 Å². The number of hydrogen-bond donors (Lipinski definition) is 2. The van der Waals surface area contributed by atoms with Gasteiger partial charge in [0.2, 0.25) is 5.91 Å². The minimum absolute atomic E-state index is 0.0168. The molecule has 114 valence electrons. The maximum absolute atomic E-state index is 12.3. The number of nitrogens with two attached hydrogens (primary N) is 1. The lowest BCUT2D eigenvalue weighted by Crippen LogP contribution is -2.46. The summed E-state index contributed by atoms with van der Waals surface area (Å²) in [5.41, 5.74) is 7.39. The van der Waals surface area contributed by atoms with Crippen molar-refractivity contribution in [2.45, 2.75) is 32.2 Å². The highest BCUT2D eigenvalue weighted by molar-refractivity contribution is 5.80. The molecule has 1 aromatic rings. The van der Waals surface area contributed by atoms with Gasteiger partial charge in [-0.15, -0.1) is 0 Å². The molecule has 0 saturated heterocycles. The summed E-state index contributed by atoms with van der Waals surface area (Å²) in [7, 11) is 0. The van der Waals surface area contributed by atoms with Crippen LogP contribution in [0.4, 0.5) is 0 Å². The Balaban J connectivity index is 1.41. The van der Waals surface area contributed by atoms with E-state index in [1.54, 1.807) is 0 Å². The van der Waals surface area contributed by atoms with Crippen molar-refractivity contribution in [1.82, 2.24) is 5.32 Å². The molecule has 0 spiro atoms. The van der Waals surface area contributed by atoms with Crippen molar-refractivity contribution < 1.29 is 9.53 Å². The Labute approximate surface area is 126 Å². The monoisotopic (exact) mass is 288 g/mol. The maximum atomic E-state index is 12.3. The third-order valence-corrected chi connectivity index (χ3v) is 4.97. The normalized spacial score (nSPS) is 30.4. The minimum atomic E-state index is 0.0168. The summed E-state index contributed by atoms with van der Waals surface area (Å²) >= 11 is 0. The number of fused-ring (bicyclic) bond motifs is 2. The Morgan fingerprint density at radius 1 is 1.29 bits per heavy atom. The molecule has 4 unspecified atom stereocenters. The lowest BCUT2D eigenvalue weighted by Gasteiger charge is -2.27. The van der Waals surface area contributed by atoms with E-state index >= 15 is 0 Å². The zero-order chi connectivity index (χ0) is 14.8. The van der Waals surface area contributed by atoms with Gasteiger partial charge in [0.1, 0.15) is 12.4 Å². The van der Waals surface area contributed by atoms with Gasteiger partial charge in [-0.05, 0) is 50.2 Å². The van der Waals surface area contributed by atoms with Crippen LogP contribution < -0.4 is 15.8 Å². The predicted octanol–water partition coefficient (Wildman–Crippen LogP) is 1.86. The second-order valence-electron chi connectivity index (χ2n) is 6.39. The van der Waals surface area contributed by atoms with Crippen molar-refractivity contribution in [3.05, 3.63) is 29.8 Å². The van der Waals surface area contributed by atoms with Crippen LogP contribution in [0, 0.1) is 24.7 Å². The summed E-state index contributed by atoms with van der Waals surface area (Å²) in [6.07, 6.45) is 3.50. The molecule has 2 bridgehead atoms. The predicted molar refractivity (Wildman–Crippen MR) is 82.0 cm³/mol. The van der Waals surface area contributed by atoms with E-state index in [1.165, 1.54) is 12.0 Å². The van der Waals surface area contributed by atoms with Crippen LogP contribution in [0.15, 0.2) is 24.3 Å². The molecule has 0 radical (unpaired) electrons. The fraction of sp³-hybridized carbons (Fsp3) is 0.588. The van der Waals surface area contributed by atoms with Crippen molar-refractivity contribution >= 4 is 5.91 Å². The van der Waals surface area contributed by atoms with E-state index in [-0.39, 0.29) is 17.9 Å². The summed E-state index contributed by atoms with van der Waals surface area (Å²) in [5.74, 6) is 2.04. The standard InChI is InChI=1S/C17H24N2O2/c1-11-2-6-14(7-3-11)21-9-8-19-17(20)15-12-4-5-13(10-12)16(15)18/h2-3,6-7,12-13,15-16H,4-5,8-10,18H2,1H3,(H,19,20). The van der Waals surface area contributed by atoms with Crippen molar-refractivity contribution in [3.8, 4) is 5.75 Å². The van der Waals surface area contributed by atoms with Crippen LogP contribution >= 0.6 is 0 Å².